The van der Waals surface area contributed by atoms with E-state index >= 15 is 0 Å². The normalized spacial score (nSPS) is 12.7. The summed E-state index contributed by atoms with van der Waals surface area (Å²) in [6.07, 6.45) is 0.962. The number of carbonyl (C=O) groups is 2. The molecule has 0 aliphatic heterocycles. The Hall–Kier alpha value is -3.44. The van der Waals surface area contributed by atoms with Crippen LogP contribution in [-0.2, 0) is 32.1 Å². The van der Waals surface area contributed by atoms with E-state index in [1.807, 2.05) is 56.3 Å². The largest absolute Gasteiger partial charge is 0.465 e. The van der Waals surface area contributed by atoms with Crippen molar-refractivity contribution in [2.45, 2.75) is 59.2 Å². The molecule has 5 heteroatoms. The van der Waals surface area contributed by atoms with Crippen molar-refractivity contribution in [1.82, 2.24) is 5.32 Å². The second-order valence-corrected chi connectivity index (χ2v) is 9.51. The van der Waals surface area contributed by atoms with Crippen molar-refractivity contribution in [3.63, 3.8) is 0 Å². The van der Waals surface area contributed by atoms with Crippen LogP contribution >= 0.6 is 0 Å². The molecule has 2 unspecified atom stereocenters. The summed E-state index contributed by atoms with van der Waals surface area (Å²) in [7, 11) is 0. The van der Waals surface area contributed by atoms with Gasteiger partial charge in [0, 0.05) is 0 Å². The van der Waals surface area contributed by atoms with Gasteiger partial charge < -0.3 is 9.47 Å². The minimum absolute atomic E-state index is 0.195. The highest BCUT2D eigenvalue weighted by atomic mass is 16.5. The molecule has 0 heterocycles. The van der Waals surface area contributed by atoms with Crippen LogP contribution < -0.4 is 5.32 Å². The van der Waals surface area contributed by atoms with Gasteiger partial charge in [0.15, 0.2) is 0 Å². The van der Waals surface area contributed by atoms with Crippen LogP contribution in [0, 0.1) is 12.8 Å². The van der Waals surface area contributed by atoms with Crippen molar-refractivity contribution >= 4 is 11.9 Å². The molecule has 0 amide bonds. The second-order valence-electron chi connectivity index (χ2n) is 9.51. The van der Waals surface area contributed by atoms with Crippen molar-refractivity contribution in [1.29, 1.82) is 0 Å². The van der Waals surface area contributed by atoms with Crippen molar-refractivity contribution < 1.29 is 19.1 Å². The highest BCUT2D eigenvalue weighted by molar-refractivity contribution is 5.80. The van der Waals surface area contributed by atoms with Crippen LogP contribution in [0.1, 0.15) is 43.9 Å². The second kappa shape index (κ2) is 13.6. The molecule has 0 radical (unpaired) electrons. The van der Waals surface area contributed by atoms with E-state index in [-0.39, 0.29) is 31.1 Å². The van der Waals surface area contributed by atoms with E-state index in [2.05, 4.69) is 48.6 Å². The van der Waals surface area contributed by atoms with Gasteiger partial charge in [0.25, 0.3) is 0 Å². The Bertz CT molecular complexity index is 1090. The monoisotopic (exact) mass is 487 g/mol. The Kier molecular flexibility index (Phi) is 10.3. The van der Waals surface area contributed by atoms with Crippen molar-refractivity contribution in [2.75, 3.05) is 6.61 Å². The summed E-state index contributed by atoms with van der Waals surface area (Å²) in [6, 6.07) is 24.8. The molecule has 0 aliphatic carbocycles. The molecule has 3 aromatic rings. The summed E-state index contributed by atoms with van der Waals surface area (Å²) in [5.74, 6) is -0.496. The van der Waals surface area contributed by atoms with E-state index in [0.29, 0.717) is 12.8 Å². The van der Waals surface area contributed by atoms with Crippen LogP contribution in [0.4, 0.5) is 0 Å². The minimum Gasteiger partial charge on any atom is -0.465 e. The number of benzene rings is 3. The zero-order valence-corrected chi connectivity index (χ0v) is 21.7. The summed E-state index contributed by atoms with van der Waals surface area (Å²) in [4.78, 5) is 25.9. The number of aryl methyl sites for hydroxylation is 1. The fourth-order valence-electron chi connectivity index (χ4n) is 4.04. The molecule has 36 heavy (non-hydrogen) atoms. The number of carbonyl (C=O) groups excluding carboxylic acids is 2. The zero-order chi connectivity index (χ0) is 25.9. The van der Waals surface area contributed by atoms with Crippen molar-refractivity contribution in [3.8, 4) is 11.1 Å². The third-order valence-electron chi connectivity index (χ3n) is 5.97. The Morgan fingerprint density at radius 1 is 0.750 bits per heavy atom. The Labute approximate surface area is 214 Å². The lowest BCUT2D eigenvalue weighted by Crippen LogP contribution is -2.50. The van der Waals surface area contributed by atoms with Crippen LogP contribution in [0.25, 0.3) is 11.1 Å². The van der Waals surface area contributed by atoms with Gasteiger partial charge in [0.1, 0.15) is 18.7 Å². The number of hydrogen-bond acceptors (Lipinski definition) is 5. The summed E-state index contributed by atoms with van der Waals surface area (Å²) in [6.45, 7) is 8.41. The molecule has 1 N–H and O–H groups in total. The lowest BCUT2D eigenvalue weighted by Gasteiger charge is -2.25. The molecular weight excluding hydrogens is 450 g/mol. The zero-order valence-electron chi connectivity index (χ0n) is 21.7. The SMILES string of the molecule is CCOC(=O)C(Cc1ccc(-c2ccc(C)cc2)cc1)NC(CC(C)C)C(=O)OCc1ccccc1. The molecule has 0 aromatic heterocycles. The van der Waals surface area contributed by atoms with E-state index < -0.39 is 12.1 Å². The first-order valence-corrected chi connectivity index (χ1v) is 12.6. The first-order chi connectivity index (χ1) is 17.4. The van der Waals surface area contributed by atoms with Gasteiger partial charge in [-0.05, 0) is 54.9 Å². The van der Waals surface area contributed by atoms with Gasteiger partial charge in [-0.15, -0.1) is 0 Å². The third kappa shape index (κ3) is 8.35. The average Bonchev–Trinajstić information content (AvgIpc) is 2.88. The van der Waals surface area contributed by atoms with Gasteiger partial charge in [0.2, 0.25) is 0 Å². The maximum atomic E-state index is 13.0. The summed E-state index contributed by atoms with van der Waals surface area (Å²) in [5, 5.41) is 3.26. The first-order valence-electron chi connectivity index (χ1n) is 12.6. The maximum absolute atomic E-state index is 13.0. The fourth-order valence-corrected chi connectivity index (χ4v) is 4.04. The number of ether oxygens (including phenoxy) is 2. The molecule has 0 spiro atoms. The molecule has 0 bridgehead atoms. The smallest absolute Gasteiger partial charge is 0.323 e. The summed E-state index contributed by atoms with van der Waals surface area (Å²) >= 11 is 0. The molecule has 3 aromatic carbocycles. The number of hydrogen-bond donors (Lipinski definition) is 1. The molecule has 0 saturated heterocycles. The van der Waals surface area contributed by atoms with Crippen LogP contribution in [-0.4, -0.2) is 30.6 Å². The Morgan fingerprint density at radius 2 is 1.33 bits per heavy atom. The highest BCUT2D eigenvalue weighted by Crippen LogP contribution is 2.21. The summed E-state index contributed by atoms with van der Waals surface area (Å²) < 4.78 is 10.9. The van der Waals surface area contributed by atoms with Crippen LogP contribution in [0.2, 0.25) is 0 Å². The number of esters is 2. The standard InChI is InChI=1S/C31H37NO4/c1-5-35-30(33)29(20-24-13-17-27(18-14-24)26-15-11-23(4)12-16-26)32-28(19-22(2)3)31(34)36-21-25-9-7-6-8-10-25/h6-18,22,28-29,32H,5,19-21H2,1-4H3. The van der Waals surface area contributed by atoms with E-state index in [0.717, 1.165) is 22.3 Å². The molecule has 0 aliphatic rings. The van der Waals surface area contributed by atoms with Gasteiger partial charge in [-0.25, -0.2) is 0 Å². The van der Waals surface area contributed by atoms with E-state index in [9.17, 15) is 9.59 Å². The lowest BCUT2D eigenvalue weighted by molar-refractivity contribution is -0.150. The molecule has 190 valence electrons. The van der Waals surface area contributed by atoms with Gasteiger partial charge in [-0.1, -0.05) is 98.3 Å². The fraction of sp³-hybridized carbons (Fsp3) is 0.355. The molecular formula is C31H37NO4. The maximum Gasteiger partial charge on any atom is 0.323 e. The van der Waals surface area contributed by atoms with Crippen LogP contribution in [0.3, 0.4) is 0 Å². The number of nitrogens with one attached hydrogen (secondary N) is 1. The Morgan fingerprint density at radius 3 is 1.92 bits per heavy atom. The third-order valence-corrected chi connectivity index (χ3v) is 5.97. The van der Waals surface area contributed by atoms with E-state index in [4.69, 9.17) is 9.47 Å². The topological polar surface area (TPSA) is 64.6 Å². The molecule has 0 saturated carbocycles. The predicted octanol–water partition coefficient (Wildman–Crippen LogP) is 5.88. The molecule has 5 nitrogen and oxygen atoms in total. The minimum atomic E-state index is -0.664. The van der Waals surface area contributed by atoms with Gasteiger partial charge in [-0.3, -0.25) is 14.9 Å². The average molecular weight is 488 g/mol. The molecule has 0 fully saturated rings. The van der Waals surface area contributed by atoms with Gasteiger partial charge >= 0.3 is 11.9 Å². The first kappa shape index (κ1) is 27.2. The van der Waals surface area contributed by atoms with Crippen LogP contribution in [0.5, 0.6) is 0 Å². The van der Waals surface area contributed by atoms with Crippen molar-refractivity contribution in [2.24, 2.45) is 5.92 Å². The van der Waals surface area contributed by atoms with Gasteiger partial charge in [0.05, 0.1) is 6.61 Å². The van der Waals surface area contributed by atoms with E-state index in [1.54, 1.807) is 6.92 Å². The Balaban J connectivity index is 1.72. The van der Waals surface area contributed by atoms with Crippen LogP contribution in [0.15, 0.2) is 78.9 Å². The van der Waals surface area contributed by atoms with E-state index in [1.165, 1.54) is 5.56 Å². The summed E-state index contributed by atoms with van der Waals surface area (Å²) in [5.41, 5.74) is 5.38. The van der Waals surface area contributed by atoms with Crippen molar-refractivity contribution in [3.05, 3.63) is 95.6 Å². The molecule has 2 atom stereocenters. The predicted molar refractivity (Wildman–Crippen MR) is 143 cm³/mol. The lowest BCUT2D eigenvalue weighted by atomic mass is 9.98. The van der Waals surface area contributed by atoms with Gasteiger partial charge in [-0.2, -0.15) is 0 Å². The quantitative estimate of drug-likeness (QED) is 0.323. The highest BCUT2D eigenvalue weighted by Gasteiger charge is 2.29. The molecule has 3 rings (SSSR count). The number of rotatable bonds is 12.